The van der Waals surface area contributed by atoms with Crippen molar-refractivity contribution in [2.45, 2.75) is 6.54 Å². The Hall–Kier alpha value is -2.67. The van der Waals surface area contributed by atoms with E-state index in [0.29, 0.717) is 23.4 Å². The number of benzene rings is 2. The summed E-state index contributed by atoms with van der Waals surface area (Å²) in [5.41, 5.74) is 1.68. The van der Waals surface area contributed by atoms with Gasteiger partial charge in [-0.2, -0.15) is 11.8 Å². The average Bonchev–Trinajstić information content (AvgIpc) is 2.89. The number of thioether (sulfide) groups is 1. The van der Waals surface area contributed by atoms with Gasteiger partial charge in [0.2, 0.25) is 5.91 Å². The van der Waals surface area contributed by atoms with Crippen molar-refractivity contribution in [3.8, 4) is 0 Å². The lowest BCUT2D eigenvalue weighted by molar-refractivity contribution is -0.118. The molecule has 0 radical (unpaired) electrons. The Kier molecular flexibility index (Phi) is 5.68. The molecule has 2 aromatic carbocycles. The molecule has 1 N–H and O–H groups in total. The normalized spacial score (nSPS) is 13.0. The number of hydrogen-bond donors (Lipinski definition) is 1. The molecule has 26 heavy (non-hydrogen) atoms. The number of fused-ring (bicyclic) bond motifs is 1. The third kappa shape index (κ3) is 4.11. The molecule has 3 amide bonds. The Balaban J connectivity index is 1.39. The lowest BCUT2D eigenvalue weighted by Crippen LogP contribution is -2.32. The van der Waals surface area contributed by atoms with E-state index in [1.807, 2.05) is 0 Å². The zero-order chi connectivity index (χ0) is 18.5. The zero-order valence-corrected chi connectivity index (χ0v) is 14.7. The molecule has 5 nitrogen and oxygen atoms in total. The summed E-state index contributed by atoms with van der Waals surface area (Å²) in [4.78, 5) is 37.5. The van der Waals surface area contributed by atoms with E-state index in [4.69, 9.17) is 0 Å². The molecule has 0 atom stereocenters. The van der Waals surface area contributed by atoms with Gasteiger partial charge in [-0.1, -0.05) is 24.3 Å². The average molecular weight is 372 g/mol. The van der Waals surface area contributed by atoms with Gasteiger partial charge in [-0.15, -0.1) is 0 Å². The molecule has 0 aromatic heterocycles. The minimum atomic E-state index is -0.316. The van der Waals surface area contributed by atoms with Crippen molar-refractivity contribution >= 4 is 29.5 Å². The van der Waals surface area contributed by atoms with Gasteiger partial charge in [0.1, 0.15) is 5.82 Å². The SMILES string of the molecule is O=C(CSCCN1C(=O)c2ccccc2C1=O)NCc1ccc(F)cc1. The molecule has 7 heteroatoms. The maximum absolute atomic E-state index is 12.8. The molecule has 0 aliphatic carbocycles. The summed E-state index contributed by atoms with van der Waals surface area (Å²) in [5.74, 6) is -0.329. The summed E-state index contributed by atoms with van der Waals surface area (Å²) in [6.45, 7) is 0.598. The zero-order valence-electron chi connectivity index (χ0n) is 13.9. The fourth-order valence-electron chi connectivity index (χ4n) is 2.62. The standard InChI is InChI=1S/C19H17FN2O3S/c20-14-7-5-13(6-8-14)11-21-17(23)12-26-10-9-22-18(24)15-3-1-2-4-16(15)19(22)25/h1-8H,9-12H2,(H,21,23). The third-order valence-corrected chi connectivity index (χ3v) is 4.91. The first-order valence-electron chi connectivity index (χ1n) is 8.10. The van der Waals surface area contributed by atoms with Gasteiger partial charge in [0, 0.05) is 18.8 Å². The Morgan fingerprint density at radius 2 is 1.62 bits per heavy atom. The van der Waals surface area contributed by atoms with Gasteiger partial charge in [0.15, 0.2) is 0 Å². The van der Waals surface area contributed by atoms with Gasteiger partial charge in [0.25, 0.3) is 11.8 Å². The van der Waals surface area contributed by atoms with Gasteiger partial charge in [-0.05, 0) is 29.8 Å². The van der Waals surface area contributed by atoms with E-state index < -0.39 is 0 Å². The van der Waals surface area contributed by atoms with E-state index >= 15 is 0 Å². The lowest BCUT2D eigenvalue weighted by atomic mass is 10.1. The lowest BCUT2D eigenvalue weighted by Gasteiger charge is -2.13. The van der Waals surface area contributed by atoms with Crippen molar-refractivity contribution in [2.75, 3.05) is 18.1 Å². The second kappa shape index (κ2) is 8.14. The molecular formula is C19H17FN2O3S. The van der Waals surface area contributed by atoms with Crippen LogP contribution in [0.1, 0.15) is 26.3 Å². The van der Waals surface area contributed by atoms with E-state index in [1.54, 1.807) is 36.4 Å². The number of carbonyl (C=O) groups excluding carboxylic acids is 3. The van der Waals surface area contributed by atoms with Gasteiger partial charge < -0.3 is 5.32 Å². The second-order valence-corrected chi connectivity index (χ2v) is 6.87. The molecule has 0 saturated carbocycles. The molecule has 0 bridgehead atoms. The largest absolute Gasteiger partial charge is 0.351 e. The van der Waals surface area contributed by atoms with E-state index in [1.165, 1.54) is 28.8 Å². The highest BCUT2D eigenvalue weighted by atomic mass is 32.2. The number of carbonyl (C=O) groups is 3. The predicted molar refractivity (Wildman–Crippen MR) is 97.4 cm³/mol. The predicted octanol–water partition coefficient (Wildman–Crippen LogP) is 2.47. The van der Waals surface area contributed by atoms with Crippen LogP contribution in [0.3, 0.4) is 0 Å². The maximum atomic E-state index is 12.8. The van der Waals surface area contributed by atoms with E-state index in [-0.39, 0.29) is 35.8 Å². The molecule has 1 aliphatic rings. The van der Waals surface area contributed by atoms with Crippen LogP contribution in [0.4, 0.5) is 4.39 Å². The van der Waals surface area contributed by atoms with Crippen molar-refractivity contribution < 1.29 is 18.8 Å². The fourth-order valence-corrected chi connectivity index (χ4v) is 3.36. The van der Waals surface area contributed by atoms with Crippen LogP contribution in [0.5, 0.6) is 0 Å². The van der Waals surface area contributed by atoms with Crippen molar-refractivity contribution in [3.05, 3.63) is 71.0 Å². The maximum Gasteiger partial charge on any atom is 0.261 e. The molecule has 0 unspecified atom stereocenters. The fraction of sp³-hybridized carbons (Fsp3) is 0.211. The molecule has 0 spiro atoms. The molecule has 134 valence electrons. The van der Waals surface area contributed by atoms with Crippen LogP contribution in [0.15, 0.2) is 48.5 Å². The van der Waals surface area contributed by atoms with Crippen LogP contribution in [-0.4, -0.2) is 40.7 Å². The third-order valence-electron chi connectivity index (χ3n) is 3.97. The highest BCUT2D eigenvalue weighted by molar-refractivity contribution is 7.99. The molecule has 0 saturated heterocycles. The first-order valence-corrected chi connectivity index (χ1v) is 9.26. The molecular weight excluding hydrogens is 355 g/mol. The van der Waals surface area contributed by atoms with Crippen LogP contribution < -0.4 is 5.32 Å². The van der Waals surface area contributed by atoms with Gasteiger partial charge in [-0.25, -0.2) is 4.39 Å². The number of hydrogen-bond acceptors (Lipinski definition) is 4. The topological polar surface area (TPSA) is 66.5 Å². The minimum Gasteiger partial charge on any atom is -0.351 e. The van der Waals surface area contributed by atoms with Gasteiger partial charge in [0.05, 0.1) is 16.9 Å². The molecule has 1 aliphatic heterocycles. The van der Waals surface area contributed by atoms with Crippen LogP contribution >= 0.6 is 11.8 Å². The summed E-state index contributed by atoms with van der Waals surface area (Å²) in [6, 6.07) is 12.7. The summed E-state index contributed by atoms with van der Waals surface area (Å²) >= 11 is 1.35. The van der Waals surface area contributed by atoms with Crippen molar-refractivity contribution in [3.63, 3.8) is 0 Å². The highest BCUT2D eigenvalue weighted by Crippen LogP contribution is 2.22. The van der Waals surface area contributed by atoms with E-state index in [0.717, 1.165) is 5.56 Å². The molecule has 1 heterocycles. The first-order chi connectivity index (χ1) is 12.6. The second-order valence-electron chi connectivity index (χ2n) is 5.76. The van der Waals surface area contributed by atoms with Gasteiger partial charge in [-0.3, -0.25) is 19.3 Å². The van der Waals surface area contributed by atoms with Crippen LogP contribution in [0.25, 0.3) is 0 Å². The summed E-state index contributed by atoms with van der Waals surface area (Å²) in [5, 5.41) is 2.75. The number of rotatable bonds is 7. The molecule has 3 rings (SSSR count). The Morgan fingerprint density at radius 1 is 1.00 bits per heavy atom. The first kappa shape index (κ1) is 18.1. The summed E-state index contributed by atoms with van der Waals surface area (Å²) in [6.07, 6.45) is 0. The summed E-state index contributed by atoms with van der Waals surface area (Å²) < 4.78 is 12.8. The number of halogens is 1. The number of nitrogens with one attached hydrogen (secondary N) is 1. The number of amides is 3. The van der Waals surface area contributed by atoms with Gasteiger partial charge >= 0.3 is 0 Å². The van der Waals surface area contributed by atoms with Crippen molar-refractivity contribution in [1.82, 2.24) is 10.2 Å². The Bertz CT molecular complexity index is 804. The van der Waals surface area contributed by atoms with E-state index in [9.17, 15) is 18.8 Å². The van der Waals surface area contributed by atoms with Crippen molar-refractivity contribution in [2.24, 2.45) is 0 Å². The number of imide groups is 1. The minimum absolute atomic E-state index is 0.151. The highest BCUT2D eigenvalue weighted by Gasteiger charge is 2.34. The van der Waals surface area contributed by atoms with Crippen LogP contribution in [-0.2, 0) is 11.3 Å². The molecule has 2 aromatic rings. The summed E-state index contributed by atoms with van der Waals surface area (Å²) in [7, 11) is 0. The van der Waals surface area contributed by atoms with Crippen LogP contribution in [0.2, 0.25) is 0 Å². The monoisotopic (exact) mass is 372 g/mol. The Labute approximate surface area is 154 Å². The quantitative estimate of drug-likeness (QED) is 0.599. The van der Waals surface area contributed by atoms with Crippen molar-refractivity contribution in [1.29, 1.82) is 0 Å². The smallest absolute Gasteiger partial charge is 0.261 e. The Morgan fingerprint density at radius 3 is 2.23 bits per heavy atom. The number of nitrogens with zero attached hydrogens (tertiary/aromatic N) is 1. The van der Waals surface area contributed by atoms with Crippen LogP contribution in [0, 0.1) is 5.82 Å². The van der Waals surface area contributed by atoms with E-state index in [2.05, 4.69) is 5.32 Å². The molecule has 0 fully saturated rings.